The summed E-state index contributed by atoms with van der Waals surface area (Å²) in [6.07, 6.45) is 1.46. The van der Waals surface area contributed by atoms with Crippen molar-refractivity contribution in [3.05, 3.63) is 34.1 Å². The quantitative estimate of drug-likeness (QED) is 0.647. The van der Waals surface area contributed by atoms with Crippen molar-refractivity contribution in [1.82, 2.24) is 5.32 Å². The lowest BCUT2D eigenvalue weighted by molar-refractivity contribution is -0.386. The molecule has 0 aromatic heterocycles. The molecule has 0 spiro atoms. The molecule has 1 aromatic rings. The molecule has 5 nitrogen and oxygen atoms in total. The van der Waals surface area contributed by atoms with E-state index in [4.69, 9.17) is 4.74 Å². The molecule has 2 rings (SSSR count). The predicted molar refractivity (Wildman–Crippen MR) is 59.6 cm³/mol. The highest BCUT2D eigenvalue weighted by molar-refractivity contribution is 5.46. The SMILES string of the molecule is O=[N+]([O-])c1ccc(F)cc1OC1CCNCC1. The van der Waals surface area contributed by atoms with Crippen molar-refractivity contribution in [2.24, 2.45) is 0 Å². The fourth-order valence-electron chi connectivity index (χ4n) is 1.83. The maximum atomic E-state index is 13.0. The van der Waals surface area contributed by atoms with Gasteiger partial charge < -0.3 is 10.1 Å². The molecule has 0 saturated carbocycles. The molecule has 1 aromatic carbocycles. The van der Waals surface area contributed by atoms with E-state index in [2.05, 4.69) is 5.32 Å². The van der Waals surface area contributed by atoms with Gasteiger partial charge in [-0.05, 0) is 32.0 Å². The average molecular weight is 240 g/mol. The van der Waals surface area contributed by atoms with E-state index >= 15 is 0 Å². The van der Waals surface area contributed by atoms with Crippen LogP contribution >= 0.6 is 0 Å². The van der Waals surface area contributed by atoms with Gasteiger partial charge in [-0.3, -0.25) is 10.1 Å². The zero-order chi connectivity index (χ0) is 12.3. The van der Waals surface area contributed by atoms with Gasteiger partial charge in [-0.2, -0.15) is 0 Å². The molecule has 0 aliphatic carbocycles. The van der Waals surface area contributed by atoms with E-state index in [0.29, 0.717) is 0 Å². The second kappa shape index (κ2) is 5.09. The lowest BCUT2D eigenvalue weighted by Gasteiger charge is -2.23. The first-order valence-electron chi connectivity index (χ1n) is 5.48. The van der Waals surface area contributed by atoms with Crippen molar-refractivity contribution >= 4 is 5.69 Å². The number of rotatable bonds is 3. The molecule has 0 unspecified atom stereocenters. The number of piperidine rings is 1. The van der Waals surface area contributed by atoms with E-state index < -0.39 is 10.7 Å². The minimum Gasteiger partial charge on any atom is -0.483 e. The second-order valence-electron chi connectivity index (χ2n) is 3.94. The summed E-state index contributed by atoms with van der Waals surface area (Å²) in [5.41, 5.74) is -0.190. The third-order valence-corrected chi connectivity index (χ3v) is 2.70. The lowest BCUT2D eigenvalue weighted by Crippen LogP contribution is -2.34. The number of nitro benzene ring substituents is 1. The predicted octanol–water partition coefficient (Wildman–Crippen LogP) is 1.86. The van der Waals surface area contributed by atoms with Crippen molar-refractivity contribution in [3.8, 4) is 5.75 Å². The summed E-state index contributed by atoms with van der Waals surface area (Å²) in [5.74, 6) is -0.513. The number of hydrogen-bond acceptors (Lipinski definition) is 4. The van der Waals surface area contributed by atoms with E-state index in [1.54, 1.807) is 0 Å². The highest BCUT2D eigenvalue weighted by Crippen LogP contribution is 2.29. The number of benzene rings is 1. The van der Waals surface area contributed by atoms with Crippen molar-refractivity contribution in [2.45, 2.75) is 18.9 Å². The summed E-state index contributed by atoms with van der Waals surface area (Å²) in [6, 6.07) is 3.26. The molecule has 92 valence electrons. The Hall–Kier alpha value is -1.69. The molecule has 17 heavy (non-hydrogen) atoms. The molecule has 0 atom stereocenters. The second-order valence-corrected chi connectivity index (χ2v) is 3.94. The number of ether oxygens (including phenoxy) is 1. The fraction of sp³-hybridized carbons (Fsp3) is 0.455. The minimum absolute atomic E-state index is 0.0156. The molecule has 0 radical (unpaired) electrons. The van der Waals surface area contributed by atoms with Crippen molar-refractivity contribution in [2.75, 3.05) is 13.1 Å². The average Bonchev–Trinajstić information content (AvgIpc) is 2.30. The summed E-state index contributed by atoms with van der Waals surface area (Å²) >= 11 is 0. The van der Waals surface area contributed by atoms with E-state index in [1.165, 1.54) is 0 Å². The van der Waals surface area contributed by atoms with Gasteiger partial charge in [0, 0.05) is 12.1 Å². The van der Waals surface area contributed by atoms with Crippen LogP contribution in [0.1, 0.15) is 12.8 Å². The Balaban J connectivity index is 2.17. The van der Waals surface area contributed by atoms with Crippen molar-refractivity contribution in [3.63, 3.8) is 0 Å². The molecule has 1 N–H and O–H groups in total. The van der Waals surface area contributed by atoms with E-state index in [0.717, 1.165) is 44.1 Å². The molecule has 0 bridgehead atoms. The Bertz CT molecular complexity index is 419. The topological polar surface area (TPSA) is 64.4 Å². The van der Waals surface area contributed by atoms with Crippen LogP contribution in [0.25, 0.3) is 0 Å². The standard InChI is InChI=1S/C11H13FN2O3/c12-8-1-2-10(14(15)16)11(7-8)17-9-3-5-13-6-4-9/h1-2,7,9,13H,3-6H2. The molecule has 1 fully saturated rings. The number of nitrogens with one attached hydrogen (secondary N) is 1. The normalized spacial score (nSPS) is 16.8. The molecular formula is C11H13FN2O3. The zero-order valence-corrected chi connectivity index (χ0v) is 9.19. The Morgan fingerprint density at radius 3 is 2.76 bits per heavy atom. The van der Waals surface area contributed by atoms with Gasteiger partial charge in [-0.25, -0.2) is 4.39 Å². The van der Waals surface area contributed by atoms with E-state index in [1.807, 2.05) is 0 Å². The number of hydrogen-bond donors (Lipinski definition) is 1. The van der Waals surface area contributed by atoms with Gasteiger partial charge >= 0.3 is 5.69 Å². The molecule has 1 aliphatic rings. The highest BCUT2D eigenvalue weighted by Gasteiger charge is 2.21. The summed E-state index contributed by atoms with van der Waals surface area (Å²) < 4.78 is 18.6. The first kappa shape index (κ1) is 11.8. The van der Waals surface area contributed by atoms with Gasteiger partial charge in [0.1, 0.15) is 11.9 Å². The largest absolute Gasteiger partial charge is 0.483 e. The smallest absolute Gasteiger partial charge is 0.311 e. The number of halogens is 1. The van der Waals surface area contributed by atoms with Crippen LogP contribution in [-0.2, 0) is 0 Å². The van der Waals surface area contributed by atoms with Crippen LogP contribution in [0.3, 0.4) is 0 Å². The fourth-order valence-corrected chi connectivity index (χ4v) is 1.83. The van der Waals surface area contributed by atoms with Gasteiger partial charge in [-0.15, -0.1) is 0 Å². The van der Waals surface area contributed by atoms with Crippen LogP contribution in [0.4, 0.5) is 10.1 Å². The van der Waals surface area contributed by atoms with Crippen LogP contribution in [0, 0.1) is 15.9 Å². The summed E-state index contributed by atoms with van der Waals surface area (Å²) in [4.78, 5) is 10.2. The van der Waals surface area contributed by atoms with Crippen LogP contribution < -0.4 is 10.1 Å². The summed E-state index contributed by atoms with van der Waals surface area (Å²) in [6.45, 7) is 1.63. The maximum Gasteiger partial charge on any atom is 0.311 e. The van der Waals surface area contributed by atoms with Crippen LogP contribution in [0.2, 0.25) is 0 Å². The van der Waals surface area contributed by atoms with Crippen LogP contribution in [-0.4, -0.2) is 24.1 Å². The summed E-state index contributed by atoms with van der Waals surface area (Å²) in [5, 5.41) is 13.9. The maximum absolute atomic E-state index is 13.0. The first-order chi connectivity index (χ1) is 8.16. The molecule has 1 heterocycles. The van der Waals surface area contributed by atoms with Crippen molar-refractivity contribution in [1.29, 1.82) is 0 Å². The first-order valence-corrected chi connectivity index (χ1v) is 5.48. The molecule has 1 saturated heterocycles. The number of nitro groups is 1. The molecule has 6 heteroatoms. The molecule has 0 amide bonds. The lowest BCUT2D eigenvalue weighted by atomic mass is 10.1. The highest BCUT2D eigenvalue weighted by atomic mass is 19.1. The van der Waals surface area contributed by atoms with Crippen molar-refractivity contribution < 1.29 is 14.1 Å². The van der Waals surface area contributed by atoms with Gasteiger partial charge in [0.05, 0.1) is 4.92 Å². The van der Waals surface area contributed by atoms with Gasteiger partial charge in [0.25, 0.3) is 0 Å². The third-order valence-electron chi connectivity index (χ3n) is 2.70. The van der Waals surface area contributed by atoms with E-state index in [-0.39, 0.29) is 17.5 Å². The monoisotopic (exact) mass is 240 g/mol. The Labute approximate surface area is 97.7 Å². The van der Waals surface area contributed by atoms with Gasteiger partial charge in [0.15, 0.2) is 5.75 Å². The minimum atomic E-state index is -0.560. The molecule has 1 aliphatic heterocycles. The Kier molecular flexibility index (Phi) is 3.53. The van der Waals surface area contributed by atoms with Gasteiger partial charge in [-0.1, -0.05) is 0 Å². The van der Waals surface area contributed by atoms with Gasteiger partial charge in [0.2, 0.25) is 0 Å². The van der Waals surface area contributed by atoms with Crippen LogP contribution in [0.15, 0.2) is 18.2 Å². The van der Waals surface area contributed by atoms with Crippen LogP contribution in [0.5, 0.6) is 5.75 Å². The Morgan fingerprint density at radius 1 is 1.41 bits per heavy atom. The molecular weight excluding hydrogens is 227 g/mol. The number of nitrogens with zero attached hydrogens (tertiary/aromatic N) is 1. The van der Waals surface area contributed by atoms with E-state index in [9.17, 15) is 14.5 Å². The zero-order valence-electron chi connectivity index (χ0n) is 9.19. The summed E-state index contributed by atoms with van der Waals surface area (Å²) in [7, 11) is 0. The third kappa shape index (κ3) is 2.91. The Morgan fingerprint density at radius 2 is 2.12 bits per heavy atom.